The maximum Gasteiger partial charge on any atom is 0.257 e. The van der Waals surface area contributed by atoms with Crippen molar-refractivity contribution in [2.75, 3.05) is 5.32 Å². The normalized spacial score (nSPS) is 13.0. The van der Waals surface area contributed by atoms with E-state index in [0.29, 0.717) is 16.6 Å². The summed E-state index contributed by atoms with van der Waals surface area (Å²) < 4.78 is 0. The molecule has 3 aromatic rings. The second-order valence-electron chi connectivity index (χ2n) is 5.87. The molecule has 5 heteroatoms. The third-order valence-corrected chi connectivity index (χ3v) is 4.86. The van der Waals surface area contributed by atoms with Crippen LogP contribution in [0.3, 0.4) is 0 Å². The standard InChI is InChI=1S/C20H15N3OS/c24-18(21-20-23-22-19(25-20)17-12-13-17)16-10-8-15(9-11-16)7-6-14-4-2-1-3-5-14/h1-5,8-11,17H,12-13H2,(H,21,23,24). The lowest BCUT2D eigenvalue weighted by molar-refractivity contribution is 0.102. The van der Waals surface area contributed by atoms with Gasteiger partial charge in [-0.1, -0.05) is 41.4 Å². The molecule has 2 aromatic carbocycles. The molecule has 0 aliphatic heterocycles. The van der Waals surface area contributed by atoms with Gasteiger partial charge in [0.25, 0.3) is 5.91 Å². The summed E-state index contributed by atoms with van der Waals surface area (Å²) in [4.78, 5) is 12.3. The van der Waals surface area contributed by atoms with E-state index < -0.39 is 0 Å². The lowest BCUT2D eigenvalue weighted by Gasteiger charge is -2.01. The number of hydrogen-bond acceptors (Lipinski definition) is 4. The number of carbonyl (C=O) groups excluding carboxylic acids is 1. The maximum absolute atomic E-state index is 12.3. The molecule has 1 heterocycles. The van der Waals surface area contributed by atoms with Crippen molar-refractivity contribution in [3.63, 3.8) is 0 Å². The van der Waals surface area contributed by atoms with Crippen LogP contribution in [0.2, 0.25) is 0 Å². The van der Waals surface area contributed by atoms with Crippen LogP contribution in [0.4, 0.5) is 5.13 Å². The number of aromatic nitrogens is 2. The van der Waals surface area contributed by atoms with Crippen molar-refractivity contribution >= 4 is 22.4 Å². The van der Waals surface area contributed by atoms with Crippen molar-refractivity contribution in [2.24, 2.45) is 0 Å². The Morgan fingerprint density at radius 3 is 2.32 bits per heavy atom. The minimum absolute atomic E-state index is 0.180. The molecule has 0 radical (unpaired) electrons. The topological polar surface area (TPSA) is 54.9 Å². The minimum atomic E-state index is -0.180. The van der Waals surface area contributed by atoms with E-state index in [1.165, 1.54) is 24.2 Å². The number of rotatable bonds is 3. The molecule has 4 nitrogen and oxygen atoms in total. The van der Waals surface area contributed by atoms with Crippen LogP contribution in [-0.2, 0) is 0 Å². The molecule has 1 N–H and O–H groups in total. The van der Waals surface area contributed by atoms with Crippen molar-refractivity contribution in [3.05, 3.63) is 76.3 Å². The molecule has 1 saturated carbocycles. The molecule has 0 saturated heterocycles. The smallest absolute Gasteiger partial charge is 0.257 e. The molecule has 25 heavy (non-hydrogen) atoms. The molecule has 0 atom stereocenters. The van der Waals surface area contributed by atoms with Gasteiger partial charge in [0.1, 0.15) is 5.01 Å². The number of carbonyl (C=O) groups is 1. The fourth-order valence-corrected chi connectivity index (χ4v) is 3.23. The Labute approximate surface area is 149 Å². The molecule has 0 unspecified atom stereocenters. The zero-order valence-corrected chi connectivity index (χ0v) is 14.2. The first-order chi connectivity index (χ1) is 12.3. The van der Waals surface area contributed by atoms with Crippen LogP contribution < -0.4 is 5.32 Å². The Kier molecular flexibility index (Phi) is 4.28. The summed E-state index contributed by atoms with van der Waals surface area (Å²) in [5.74, 6) is 6.57. The van der Waals surface area contributed by atoms with E-state index in [9.17, 15) is 4.79 Å². The maximum atomic E-state index is 12.3. The quantitative estimate of drug-likeness (QED) is 0.728. The predicted molar refractivity (Wildman–Crippen MR) is 98.7 cm³/mol. The highest BCUT2D eigenvalue weighted by Gasteiger charge is 2.27. The van der Waals surface area contributed by atoms with Crippen LogP contribution >= 0.6 is 11.3 Å². The number of hydrogen-bond donors (Lipinski definition) is 1. The largest absolute Gasteiger partial charge is 0.296 e. The number of amides is 1. The zero-order valence-electron chi connectivity index (χ0n) is 13.4. The summed E-state index contributed by atoms with van der Waals surface area (Å²) in [6.07, 6.45) is 2.35. The summed E-state index contributed by atoms with van der Waals surface area (Å²) >= 11 is 1.46. The van der Waals surface area contributed by atoms with Crippen LogP contribution in [-0.4, -0.2) is 16.1 Å². The second-order valence-corrected chi connectivity index (χ2v) is 6.88. The van der Waals surface area contributed by atoms with Crippen molar-refractivity contribution in [1.82, 2.24) is 10.2 Å². The monoisotopic (exact) mass is 345 g/mol. The van der Waals surface area contributed by atoms with E-state index in [1.807, 2.05) is 42.5 Å². The van der Waals surface area contributed by atoms with Crippen LogP contribution in [0.15, 0.2) is 54.6 Å². The van der Waals surface area contributed by atoms with Crippen LogP contribution in [0.1, 0.15) is 45.3 Å². The van der Waals surface area contributed by atoms with E-state index in [2.05, 4.69) is 27.4 Å². The first kappa shape index (κ1) is 15.6. The number of nitrogens with zero attached hydrogens (tertiary/aromatic N) is 2. The Morgan fingerprint density at radius 2 is 1.64 bits per heavy atom. The third kappa shape index (κ3) is 3.93. The number of nitrogens with one attached hydrogen (secondary N) is 1. The van der Waals surface area contributed by atoms with Crippen LogP contribution in [0.25, 0.3) is 0 Å². The van der Waals surface area contributed by atoms with Crippen LogP contribution in [0.5, 0.6) is 0 Å². The van der Waals surface area contributed by atoms with Crippen molar-refractivity contribution < 1.29 is 4.79 Å². The SMILES string of the molecule is O=C(Nc1nnc(C2CC2)s1)c1ccc(C#Cc2ccccc2)cc1. The highest BCUT2D eigenvalue weighted by molar-refractivity contribution is 7.15. The number of benzene rings is 2. The summed E-state index contributed by atoms with van der Waals surface area (Å²) in [7, 11) is 0. The van der Waals surface area contributed by atoms with Gasteiger partial charge in [0.05, 0.1) is 0 Å². The molecule has 0 bridgehead atoms. The first-order valence-corrected chi connectivity index (χ1v) is 8.91. The van der Waals surface area contributed by atoms with E-state index >= 15 is 0 Å². The lowest BCUT2D eigenvalue weighted by Crippen LogP contribution is -2.11. The molecule has 1 aromatic heterocycles. The summed E-state index contributed by atoms with van der Waals surface area (Å²) in [6.45, 7) is 0. The second kappa shape index (κ2) is 6.88. The minimum Gasteiger partial charge on any atom is -0.296 e. The van der Waals surface area contributed by atoms with Gasteiger partial charge in [-0.3, -0.25) is 10.1 Å². The van der Waals surface area contributed by atoms with Crippen molar-refractivity contribution in [3.8, 4) is 11.8 Å². The molecular weight excluding hydrogens is 330 g/mol. The van der Waals surface area contributed by atoms with Gasteiger partial charge >= 0.3 is 0 Å². The lowest BCUT2D eigenvalue weighted by atomic mass is 10.1. The molecule has 122 valence electrons. The Balaban J connectivity index is 1.42. The third-order valence-electron chi connectivity index (χ3n) is 3.86. The predicted octanol–water partition coefficient (Wildman–Crippen LogP) is 4.07. The Morgan fingerprint density at radius 1 is 0.960 bits per heavy atom. The number of anilines is 1. The van der Waals surface area contributed by atoms with Crippen molar-refractivity contribution in [2.45, 2.75) is 18.8 Å². The van der Waals surface area contributed by atoms with Crippen LogP contribution in [0, 0.1) is 11.8 Å². The zero-order chi connectivity index (χ0) is 17.1. The van der Waals surface area contributed by atoms with E-state index in [0.717, 1.165) is 16.1 Å². The molecule has 0 spiro atoms. The van der Waals surface area contributed by atoms with E-state index in [1.54, 1.807) is 12.1 Å². The first-order valence-electron chi connectivity index (χ1n) is 8.10. The van der Waals surface area contributed by atoms with Gasteiger partial charge in [0.2, 0.25) is 5.13 Å². The molecule has 1 amide bonds. The summed E-state index contributed by atoms with van der Waals surface area (Å²) in [5.41, 5.74) is 2.41. The molecule has 1 aliphatic carbocycles. The van der Waals surface area contributed by atoms with Gasteiger partial charge in [0, 0.05) is 22.6 Å². The van der Waals surface area contributed by atoms with Gasteiger partial charge in [0.15, 0.2) is 0 Å². The fourth-order valence-electron chi connectivity index (χ4n) is 2.32. The highest BCUT2D eigenvalue weighted by Crippen LogP contribution is 2.42. The van der Waals surface area contributed by atoms with Gasteiger partial charge in [-0.05, 0) is 49.2 Å². The average Bonchev–Trinajstić information content (AvgIpc) is 3.41. The van der Waals surface area contributed by atoms with Gasteiger partial charge in [-0.15, -0.1) is 10.2 Å². The molecule has 4 rings (SSSR count). The van der Waals surface area contributed by atoms with Gasteiger partial charge < -0.3 is 0 Å². The highest BCUT2D eigenvalue weighted by atomic mass is 32.1. The van der Waals surface area contributed by atoms with Gasteiger partial charge in [-0.2, -0.15) is 0 Å². The molecule has 1 aliphatic rings. The van der Waals surface area contributed by atoms with E-state index in [-0.39, 0.29) is 5.91 Å². The van der Waals surface area contributed by atoms with E-state index in [4.69, 9.17) is 0 Å². The average molecular weight is 345 g/mol. The Bertz CT molecular complexity index is 948. The summed E-state index contributed by atoms with van der Waals surface area (Å²) in [5, 5.41) is 12.5. The Hall–Kier alpha value is -2.97. The fraction of sp³-hybridized carbons (Fsp3) is 0.150. The van der Waals surface area contributed by atoms with Crippen molar-refractivity contribution in [1.29, 1.82) is 0 Å². The van der Waals surface area contributed by atoms with Gasteiger partial charge in [-0.25, -0.2) is 0 Å². The molecule has 1 fully saturated rings. The molecular formula is C20H15N3OS. The summed E-state index contributed by atoms with van der Waals surface area (Å²) in [6, 6.07) is 17.0.